The second-order valence-electron chi connectivity index (χ2n) is 14.2. The average molecular weight is 535 g/mol. The van der Waals surface area contributed by atoms with Crippen LogP contribution in [0, 0.1) is 0 Å². The van der Waals surface area contributed by atoms with Crippen molar-refractivity contribution in [1.29, 1.82) is 0 Å². The average Bonchev–Trinajstić information content (AvgIpc) is 3.36. The van der Waals surface area contributed by atoms with Gasteiger partial charge in [-0.1, -0.05) is 95.5 Å². The van der Waals surface area contributed by atoms with Gasteiger partial charge < -0.3 is 18.9 Å². The van der Waals surface area contributed by atoms with Crippen molar-refractivity contribution in [2.75, 3.05) is 26.4 Å². The summed E-state index contributed by atoms with van der Waals surface area (Å²) in [6.07, 6.45) is 6.38. The van der Waals surface area contributed by atoms with Gasteiger partial charge in [-0.3, -0.25) is 0 Å². The summed E-state index contributed by atoms with van der Waals surface area (Å²) in [4.78, 5) is 0. The first kappa shape index (κ1) is 27.5. The number of rotatable bonds is 4. The van der Waals surface area contributed by atoms with Gasteiger partial charge in [0, 0.05) is 25.7 Å². The van der Waals surface area contributed by atoms with Gasteiger partial charge in [0.05, 0.1) is 26.4 Å². The summed E-state index contributed by atoms with van der Waals surface area (Å²) in [5.74, 6) is -0.725. The summed E-state index contributed by atoms with van der Waals surface area (Å²) in [5.41, 5.74) is 3.01. The molecular formula is C30H48O4P2. The first-order valence-corrected chi connectivity index (χ1v) is 16.9. The quantitative estimate of drug-likeness (QED) is 0.369. The third kappa shape index (κ3) is 5.22. The Kier molecular flexibility index (Phi) is 7.06. The highest BCUT2D eigenvalue weighted by Gasteiger charge is 2.57. The highest BCUT2D eigenvalue weighted by Crippen LogP contribution is 2.71. The molecule has 2 spiro atoms. The SMILES string of the molecule is CC1(C)CC2(CC(C)(C)P1Cc1cccc(CP3C(C)(C)CC4(CC3(C)C)OCCO4)c1)OCCO2. The molecule has 1 aromatic carbocycles. The van der Waals surface area contributed by atoms with Crippen LogP contribution < -0.4 is 0 Å². The maximum Gasteiger partial charge on any atom is 0.170 e. The van der Waals surface area contributed by atoms with Crippen molar-refractivity contribution in [3.05, 3.63) is 35.4 Å². The van der Waals surface area contributed by atoms with Gasteiger partial charge in [0.15, 0.2) is 11.6 Å². The van der Waals surface area contributed by atoms with Crippen LogP contribution in [0.25, 0.3) is 0 Å². The van der Waals surface area contributed by atoms with E-state index in [0.717, 1.165) is 52.1 Å². The Balaban J connectivity index is 1.34. The van der Waals surface area contributed by atoms with Crippen molar-refractivity contribution in [3.8, 4) is 0 Å². The summed E-state index contributed by atoms with van der Waals surface area (Å²) in [6, 6.07) is 9.57. The highest BCUT2D eigenvalue weighted by atomic mass is 31.1. The van der Waals surface area contributed by atoms with Crippen molar-refractivity contribution in [3.63, 3.8) is 0 Å². The van der Waals surface area contributed by atoms with Crippen LogP contribution >= 0.6 is 15.8 Å². The molecule has 0 aliphatic carbocycles. The minimum absolute atomic E-state index is 0.213. The second-order valence-corrected chi connectivity index (χ2v) is 21.4. The predicted octanol–water partition coefficient (Wildman–Crippen LogP) is 7.84. The van der Waals surface area contributed by atoms with Gasteiger partial charge in [-0.15, -0.1) is 0 Å². The van der Waals surface area contributed by atoms with Crippen molar-refractivity contribution in [2.45, 2.75) is 126 Å². The third-order valence-corrected chi connectivity index (χ3v) is 16.9. The van der Waals surface area contributed by atoms with E-state index in [1.165, 1.54) is 23.5 Å². The monoisotopic (exact) mass is 534 g/mol. The third-order valence-electron chi connectivity index (χ3n) is 9.03. The highest BCUT2D eigenvalue weighted by molar-refractivity contribution is 7.60. The predicted molar refractivity (Wildman–Crippen MR) is 152 cm³/mol. The fourth-order valence-corrected chi connectivity index (χ4v) is 16.1. The lowest BCUT2D eigenvalue weighted by molar-refractivity contribution is -0.179. The number of hydrogen-bond acceptors (Lipinski definition) is 4. The van der Waals surface area contributed by atoms with E-state index < -0.39 is 0 Å². The molecule has 1 aromatic rings. The molecule has 0 N–H and O–H groups in total. The molecule has 0 atom stereocenters. The zero-order valence-corrected chi connectivity index (χ0v) is 25.7. The van der Waals surface area contributed by atoms with Crippen LogP contribution in [-0.2, 0) is 31.3 Å². The molecule has 5 rings (SSSR count). The lowest BCUT2D eigenvalue weighted by Gasteiger charge is -2.55. The summed E-state index contributed by atoms with van der Waals surface area (Å²) in [5, 5.41) is 0.851. The lowest BCUT2D eigenvalue weighted by Crippen LogP contribution is -2.50. The minimum atomic E-state index is -0.363. The molecule has 0 saturated carbocycles. The van der Waals surface area contributed by atoms with Crippen LogP contribution in [0.1, 0.15) is 92.2 Å². The van der Waals surface area contributed by atoms with E-state index in [1.54, 1.807) is 0 Å². The zero-order chi connectivity index (χ0) is 26.0. The molecule has 0 radical (unpaired) electrons. The molecule has 4 nitrogen and oxygen atoms in total. The molecular weight excluding hydrogens is 486 g/mol. The maximum absolute atomic E-state index is 6.20. The Labute approximate surface area is 222 Å². The lowest BCUT2D eigenvalue weighted by atomic mass is 9.91. The number of ether oxygens (including phenoxy) is 4. The first-order chi connectivity index (χ1) is 16.7. The van der Waals surface area contributed by atoms with Crippen molar-refractivity contribution >= 4 is 15.8 Å². The maximum atomic E-state index is 6.20. The van der Waals surface area contributed by atoms with Gasteiger partial charge in [-0.2, -0.15) is 0 Å². The van der Waals surface area contributed by atoms with Crippen LogP contribution in [0.15, 0.2) is 24.3 Å². The molecule has 0 amide bonds. The van der Waals surface area contributed by atoms with Crippen LogP contribution in [-0.4, -0.2) is 58.6 Å². The molecule has 0 bridgehead atoms. The Morgan fingerprint density at radius 1 is 0.556 bits per heavy atom. The number of hydrogen-bond donors (Lipinski definition) is 0. The molecule has 6 heteroatoms. The largest absolute Gasteiger partial charge is 0.347 e. The summed E-state index contributed by atoms with van der Waals surface area (Å²) in [6.45, 7) is 22.6. The summed E-state index contributed by atoms with van der Waals surface area (Å²) < 4.78 is 24.8. The van der Waals surface area contributed by atoms with Crippen LogP contribution in [0.5, 0.6) is 0 Å². The molecule has 0 unspecified atom stereocenters. The fraction of sp³-hybridized carbons (Fsp3) is 0.800. The van der Waals surface area contributed by atoms with Crippen molar-refractivity contribution in [2.24, 2.45) is 0 Å². The van der Waals surface area contributed by atoms with Gasteiger partial charge in [-0.05, 0) is 44.1 Å². The van der Waals surface area contributed by atoms with E-state index in [2.05, 4.69) is 79.7 Å². The second kappa shape index (κ2) is 9.25. The van der Waals surface area contributed by atoms with E-state index in [0.29, 0.717) is 0 Å². The Bertz CT molecular complexity index is 844. The van der Waals surface area contributed by atoms with Gasteiger partial charge in [0.2, 0.25) is 0 Å². The molecule has 4 aliphatic heterocycles. The smallest absolute Gasteiger partial charge is 0.170 e. The normalized spacial score (nSPS) is 30.2. The topological polar surface area (TPSA) is 36.9 Å². The Hall–Kier alpha value is -0.0800. The summed E-state index contributed by atoms with van der Waals surface area (Å²) >= 11 is 0. The molecule has 4 aliphatic rings. The first-order valence-electron chi connectivity index (χ1n) is 13.9. The molecule has 4 fully saturated rings. The fourth-order valence-electron chi connectivity index (χ4n) is 8.23. The van der Waals surface area contributed by atoms with Crippen LogP contribution in [0.2, 0.25) is 0 Å². The minimum Gasteiger partial charge on any atom is -0.347 e. The van der Waals surface area contributed by atoms with Crippen LogP contribution in [0.3, 0.4) is 0 Å². The van der Waals surface area contributed by atoms with E-state index in [4.69, 9.17) is 18.9 Å². The Morgan fingerprint density at radius 2 is 0.861 bits per heavy atom. The van der Waals surface area contributed by atoms with Gasteiger partial charge in [0.25, 0.3) is 0 Å². The van der Waals surface area contributed by atoms with E-state index >= 15 is 0 Å². The van der Waals surface area contributed by atoms with Gasteiger partial charge >= 0.3 is 0 Å². The Morgan fingerprint density at radius 3 is 1.17 bits per heavy atom. The number of benzene rings is 1. The molecule has 0 aromatic heterocycles. The zero-order valence-electron chi connectivity index (χ0n) is 23.9. The summed E-state index contributed by atoms with van der Waals surface area (Å²) in [7, 11) is -0.489. The van der Waals surface area contributed by atoms with E-state index in [9.17, 15) is 0 Å². The van der Waals surface area contributed by atoms with Crippen LogP contribution in [0.4, 0.5) is 0 Å². The molecule has 4 saturated heterocycles. The van der Waals surface area contributed by atoms with Crippen molar-refractivity contribution in [1.82, 2.24) is 0 Å². The van der Waals surface area contributed by atoms with E-state index in [1.807, 2.05) is 0 Å². The van der Waals surface area contributed by atoms with Crippen molar-refractivity contribution < 1.29 is 18.9 Å². The molecule has 4 heterocycles. The van der Waals surface area contributed by atoms with Gasteiger partial charge in [0.1, 0.15) is 0 Å². The standard InChI is InChI=1S/C30H48O4P2/c1-25(2)19-29(31-12-13-32-29)20-26(3,4)35(25)17-23-10-9-11-24(16-23)18-36-27(5,6)21-30(22-28(36,7)8)33-14-15-34-30/h9-11,16H,12-15,17-22H2,1-8H3. The molecule has 36 heavy (non-hydrogen) atoms. The van der Waals surface area contributed by atoms with E-state index in [-0.39, 0.29) is 48.0 Å². The molecule has 202 valence electrons. The van der Waals surface area contributed by atoms with Gasteiger partial charge in [-0.25, -0.2) is 0 Å².